The van der Waals surface area contributed by atoms with E-state index in [-0.39, 0.29) is 25.8 Å². The number of rotatable bonds is 1. The molecule has 0 unspecified atom stereocenters. The Morgan fingerprint density at radius 2 is 1.33 bits per heavy atom. The molecule has 0 aliphatic rings. The Kier molecular flexibility index (Phi) is 4.62. The van der Waals surface area contributed by atoms with Gasteiger partial charge < -0.3 is 0 Å². The van der Waals surface area contributed by atoms with Gasteiger partial charge in [0.1, 0.15) is 0 Å². The Labute approximate surface area is 101 Å². The molecule has 3 nitrogen and oxygen atoms in total. The van der Waals surface area contributed by atoms with Crippen LogP contribution in [0.15, 0.2) is 4.90 Å². The maximum absolute atomic E-state index is 12.6. The van der Waals surface area contributed by atoms with Crippen LogP contribution in [0.5, 0.6) is 0 Å². The first kappa shape index (κ1) is 14.7. The van der Waals surface area contributed by atoms with Gasteiger partial charge in [0, 0.05) is 37.5 Å². The van der Waals surface area contributed by atoms with E-state index in [0.717, 1.165) is 6.07 Å². The van der Waals surface area contributed by atoms with Crippen molar-refractivity contribution in [2.24, 2.45) is 0 Å². The molecule has 81 valence electrons. The molecule has 0 saturated heterocycles. The molecule has 15 heavy (non-hydrogen) atoms. The average Bonchev–Trinajstić information content (AvgIpc) is 1.98. The summed E-state index contributed by atoms with van der Waals surface area (Å²) in [4.78, 5) is -2.06. The zero-order chi connectivity index (χ0) is 11.1. The van der Waals surface area contributed by atoms with Gasteiger partial charge in [-0.1, -0.05) is 0 Å². The second kappa shape index (κ2) is 4.71. The fraction of sp³-hybridized carbons (Fsp3) is 0. The quantitative estimate of drug-likeness (QED) is 0.363. The zero-order valence-electron chi connectivity index (χ0n) is 6.76. The number of benzene rings is 1. The number of hydrogen-bond donors (Lipinski definition) is 1. The normalized spacial score (nSPS) is 11.0. The van der Waals surface area contributed by atoms with E-state index in [9.17, 15) is 26.0 Å². The van der Waals surface area contributed by atoms with E-state index in [1.807, 2.05) is 0 Å². The topological polar surface area (TPSA) is 54.4 Å². The first-order valence-corrected chi connectivity index (χ1v) is 4.42. The molecule has 9 heteroatoms. The third-order valence-corrected chi connectivity index (χ3v) is 2.14. The van der Waals surface area contributed by atoms with Crippen LogP contribution in [-0.2, 0) is 36.0 Å². The Morgan fingerprint density at radius 3 is 1.60 bits per heavy atom. The molecule has 0 aliphatic carbocycles. The average molecular weight is 274 g/mol. The fourth-order valence-corrected chi connectivity index (χ4v) is 1.36. The van der Waals surface area contributed by atoms with E-state index in [1.165, 1.54) is 0 Å². The molecule has 0 saturated carbocycles. The van der Waals surface area contributed by atoms with Crippen LogP contribution in [0.2, 0.25) is 0 Å². The van der Waals surface area contributed by atoms with Gasteiger partial charge >= 0.3 is 0 Å². The van der Waals surface area contributed by atoms with Gasteiger partial charge in [0.05, 0.1) is 16.5 Å². The molecular formula is C6HF4O3SSc-. The minimum Gasteiger partial charge on any atom is -0.283 e. The van der Waals surface area contributed by atoms with Crippen LogP contribution >= 0.6 is 0 Å². The van der Waals surface area contributed by atoms with Crippen molar-refractivity contribution >= 4 is 10.1 Å². The monoisotopic (exact) mass is 274 g/mol. The zero-order valence-corrected chi connectivity index (χ0v) is 9.38. The van der Waals surface area contributed by atoms with Gasteiger partial charge in [-0.2, -0.15) is 8.42 Å². The summed E-state index contributed by atoms with van der Waals surface area (Å²) in [7, 11) is -5.36. The molecular weight excluding hydrogens is 273 g/mol. The third kappa shape index (κ3) is 2.85. The summed E-state index contributed by atoms with van der Waals surface area (Å²) in [5.41, 5.74) is 0. The number of halogens is 4. The minimum absolute atomic E-state index is 0. The van der Waals surface area contributed by atoms with Crippen LogP contribution < -0.4 is 0 Å². The van der Waals surface area contributed by atoms with E-state index in [1.54, 1.807) is 0 Å². The fourth-order valence-electron chi connectivity index (χ4n) is 0.728. The SMILES string of the molecule is O=S(=O)(O)c1c(F)c(F)[c-]c(F)c1F.[Sc]. The third-order valence-electron chi connectivity index (χ3n) is 1.26. The molecule has 0 aliphatic heterocycles. The molecule has 0 aromatic heterocycles. The van der Waals surface area contributed by atoms with Crippen LogP contribution in [0, 0.1) is 29.3 Å². The smallest absolute Gasteiger partial charge is 0.277 e. The van der Waals surface area contributed by atoms with Crippen LogP contribution in [0.3, 0.4) is 0 Å². The molecule has 0 spiro atoms. The van der Waals surface area contributed by atoms with Gasteiger partial charge in [0.15, 0.2) is 0 Å². The molecule has 1 rings (SSSR count). The van der Waals surface area contributed by atoms with Gasteiger partial charge in [0.25, 0.3) is 10.1 Å². The Balaban J connectivity index is 0.00000196. The summed E-state index contributed by atoms with van der Waals surface area (Å²) in [6.07, 6.45) is 0. The molecule has 0 heterocycles. The van der Waals surface area contributed by atoms with Crippen LogP contribution in [0.1, 0.15) is 0 Å². The van der Waals surface area contributed by atoms with Crippen molar-refractivity contribution in [3.05, 3.63) is 29.3 Å². The predicted molar refractivity (Wildman–Crippen MR) is 34.9 cm³/mol. The summed E-state index contributed by atoms with van der Waals surface area (Å²) in [6, 6.07) is 0.960. The van der Waals surface area contributed by atoms with Crippen LogP contribution in [0.4, 0.5) is 17.6 Å². The molecule has 1 aromatic carbocycles. The molecule has 1 N–H and O–H groups in total. The summed E-state index contributed by atoms with van der Waals surface area (Å²) in [5, 5.41) is 0. The predicted octanol–water partition coefficient (Wildman–Crippen LogP) is 1.29. The summed E-state index contributed by atoms with van der Waals surface area (Å²) in [5.74, 6) is -8.49. The summed E-state index contributed by atoms with van der Waals surface area (Å²) in [6.45, 7) is 0. The molecule has 1 aromatic rings. The molecule has 0 amide bonds. The van der Waals surface area contributed by atoms with Crippen molar-refractivity contribution in [1.82, 2.24) is 0 Å². The van der Waals surface area contributed by atoms with Crippen molar-refractivity contribution in [3.63, 3.8) is 0 Å². The van der Waals surface area contributed by atoms with Crippen molar-refractivity contribution < 1.29 is 56.4 Å². The number of hydrogen-bond acceptors (Lipinski definition) is 2. The van der Waals surface area contributed by atoms with E-state index in [2.05, 4.69) is 0 Å². The van der Waals surface area contributed by atoms with E-state index >= 15 is 0 Å². The Morgan fingerprint density at radius 1 is 1.00 bits per heavy atom. The first-order chi connectivity index (χ1) is 6.25. The van der Waals surface area contributed by atoms with Gasteiger partial charge in [-0.15, -0.1) is 6.07 Å². The van der Waals surface area contributed by atoms with Gasteiger partial charge in [-0.05, 0) is 0 Å². The van der Waals surface area contributed by atoms with Crippen LogP contribution in [0.25, 0.3) is 0 Å². The van der Waals surface area contributed by atoms with Crippen LogP contribution in [-0.4, -0.2) is 13.0 Å². The molecule has 0 bridgehead atoms. The molecule has 0 fully saturated rings. The summed E-state index contributed by atoms with van der Waals surface area (Å²) < 4.78 is 78.7. The van der Waals surface area contributed by atoms with E-state index in [0.29, 0.717) is 0 Å². The Bertz CT molecular complexity index is 461. The van der Waals surface area contributed by atoms with Crippen molar-refractivity contribution in [3.8, 4) is 0 Å². The van der Waals surface area contributed by atoms with Crippen molar-refractivity contribution in [2.75, 3.05) is 0 Å². The maximum atomic E-state index is 12.6. The maximum Gasteiger partial charge on any atom is 0.277 e. The molecule has 0 atom stereocenters. The summed E-state index contributed by atoms with van der Waals surface area (Å²) >= 11 is 0. The molecule has 1 radical (unpaired) electrons. The van der Waals surface area contributed by atoms with Gasteiger partial charge in [-0.25, -0.2) is 8.78 Å². The van der Waals surface area contributed by atoms with Gasteiger partial charge in [0.2, 0.25) is 0 Å². The standard InChI is InChI=1S/C6HF4O3S.Sc/c7-2-1-3(8)5(10)6(4(2)9)14(11,12)13;/h(H,11,12,13);/q-1;. The second-order valence-corrected chi connectivity index (χ2v) is 3.54. The van der Waals surface area contributed by atoms with Crippen molar-refractivity contribution in [2.45, 2.75) is 4.90 Å². The van der Waals surface area contributed by atoms with Gasteiger partial charge in [-0.3, -0.25) is 13.3 Å². The minimum atomic E-state index is -5.36. The first-order valence-electron chi connectivity index (χ1n) is 2.98. The van der Waals surface area contributed by atoms with E-state index in [4.69, 9.17) is 4.55 Å². The Hall–Kier alpha value is -0.280. The van der Waals surface area contributed by atoms with Crippen molar-refractivity contribution in [1.29, 1.82) is 0 Å². The second-order valence-electron chi connectivity index (χ2n) is 2.19. The largest absolute Gasteiger partial charge is 0.283 e. The van der Waals surface area contributed by atoms with E-state index < -0.39 is 38.3 Å².